The maximum atomic E-state index is 2.98. The van der Waals surface area contributed by atoms with E-state index < -0.39 is 16.5 Å². The van der Waals surface area contributed by atoms with Gasteiger partial charge in [0.25, 0.3) is 8.24 Å². The molecule has 19 heavy (non-hydrogen) atoms. The lowest BCUT2D eigenvalue weighted by molar-refractivity contribution is -0.873. The van der Waals surface area contributed by atoms with Crippen LogP contribution in [0.2, 0.25) is 39.3 Å². The summed E-state index contributed by atoms with van der Waals surface area (Å²) in [4.78, 5) is 0. The van der Waals surface area contributed by atoms with E-state index in [1.54, 1.807) is 0 Å². The lowest BCUT2D eigenvalue weighted by Crippen LogP contribution is -2.74. The summed E-state index contributed by atoms with van der Waals surface area (Å²) in [5, 5.41) is 0. The number of rotatable bonds is 3. The lowest BCUT2D eigenvalue weighted by atomic mass is 10.1. The van der Waals surface area contributed by atoms with Crippen LogP contribution in [0.1, 0.15) is 32.1 Å². The number of piperidine rings is 1. The molecule has 112 valence electrons. The Morgan fingerprint density at radius 1 is 0.842 bits per heavy atom. The molecule has 0 saturated carbocycles. The molecule has 0 amide bonds. The first-order chi connectivity index (χ1) is 8.68. The van der Waals surface area contributed by atoms with Crippen molar-refractivity contribution in [3.05, 3.63) is 0 Å². The Bertz CT molecular complexity index is 311. The summed E-state index contributed by atoms with van der Waals surface area (Å²) in [6.07, 6.45) is 8.21. The molecule has 4 heteroatoms. The van der Waals surface area contributed by atoms with Crippen LogP contribution in [0, 0.1) is 0 Å². The van der Waals surface area contributed by atoms with E-state index in [-0.39, 0.29) is 0 Å². The van der Waals surface area contributed by atoms with Crippen molar-refractivity contribution < 1.29 is 4.15 Å². The molecule has 2 saturated heterocycles. The van der Waals surface area contributed by atoms with Gasteiger partial charge in [-0.1, -0.05) is 19.6 Å². The summed E-state index contributed by atoms with van der Waals surface area (Å²) in [6, 6.07) is 0. The van der Waals surface area contributed by atoms with Crippen molar-refractivity contribution in [1.29, 1.82) is 0 Å². The Labute approximate surface area is 122 Å². The van der Waals surface area contributed by atoms with Gasteiger partial charge in [-0.15, -0.1) is 0 Å². The van der Waals surface area contributed by atoms with Crippen molar-refractivity contribution in [3.63, 3.8) is 0 Å². The summed E-state index contributed by atoms with van der Waals surface area (Å²) in [5.74, 6) is 0. The Hall–Kier alpha value is 0.354. The van der Waals surface area contributed by atoms with E-state index in [0.29, 0.717) is 0 Å². The molecular formula is C15H35N2Si2+. The van der Waals surface area contributed by atoms with Crippen LogP contribution in [0.15, 0.2) is 0 Å². The molecule has 0 aromatic rings. The smallest absolute Gasteiger partial charge is 0.277 e. The molecular weight excluding hydrogens is 264 g/mol. The minimum absolute atomic E-state index is 0.874. The Kier molecular flexibility index (Phi) is 4.37. The van der Waals surface area contributed by atoms with Gasteiger partial charge in [0, 0.05) is 6.42 Å². The topological polar surface area (TPSA) is 3.24 Å². The van der Waals surface area contributed by atoms with Gasteiger partial charge in [-0.2, -0.15) is 0 Å². The summed E-state index contributed by atoms with van der Waals surface area (Å²) >= 11 is 0. The third-order valence-electron chi connectivity index (χ3n) is 5.60. The number of quaternary nitrogens is 1. The van der Waals surface area contributed by atoms with Gasteiger partial charge in [-0.3, -0.25) is 4.57 Å². The highest BCUT2D eigenvalue weighted by Crippen LogP contribution is 2.39. The normalized spacial score (nSPS) is 29.7. The largest absolute Gasteiger partial charge is 0.369 e. The van der Waals surface area contributed by atoms with E-state index in [9.17, 15) is 0 Å². The molecule has 2 fully saturated rings. The van der Waals surface area contributed by atoms with E-state index in [4.69, 9.17) is 0 Å². The maximum Gasteiger partial charge on any atom is 0.277 e. The molecule has 0 aromatic carbocycles. The number of likely N-dealkylation sites (tertiary alicyclic amines) is 1. The second kappa shape index (κ2) is 5.28. The predicted octanol–water partition coefficient (Wildman–Crippen LogP) is 4.08. The number of nitrogens with zero attached hydrogens (tertiary/aromatic N) is 2. The van der Waals surface area contributed by atoms with Gasteiger partial charge in [0.05, 0.1) is 13.1 Å². The quantitative estimate of drug-likeness (QED) is 0.710. The molecule has 1 unspecified atom stereocenters. The van der Waals surface area contributed by atoms with Gasteiger partial charge < -0.3 is 4.15 Å². The summed E-state index contributed by atoms with van der Waals surface area (Å²) in [6.45, 7) is 19.9. The maximum absolute atomic E-state index is 2.98. The molecule has 0 spiro atoms. The van der Waals surface area contributed by atoms with Gasteiger partial charge in [0.1, 0.15) is 14.4 Å². The van der Waals surface area contributed by atoms with Crippen molar-refractivity contribution in [3.8, 4) is 0 Å². The molecule has 0 N–H and O–H groups in total. The van der Waals surface area contributed by atoms with Crippen LogP contribution in [0.5, 0.6) is 0 Å². The van der Waals surface area contributed by atoms with Gasteiger partial charge in [0.15, 0.2) is 0 Å². The van der Waals surface area contributed by atoms with Gasteiger partial charge in [0.2, 0.25) is 0 Å². The van der Waals surface area contributed by atoms with E-state index >= 15 is 0 Å². The van der Waals surface area contributed by atoms with Crippen molar-refractivity contribution >= 4 is 16.5 Å². The standard InChI is InChI=1S/C15H35N2Si2/c1-18(2,3)16-12-10-11-15(16)17(19(4,5)6)13-8-7-9-14-17/h15H,7-14H2,1-6H3/q+1. The average molecular weight is 300 g/mol. The number of hydrogen-bond acceptors (Lipinski definition) is 1. The summed E-state index contributed by atoms with van der Waals surface area (Å²) in [5.41, 5.74) is 0. The van der Waals surface area contributed by atoms with Crippen LogP contribution in [0.25, 0.3) is 0 Å². The zero-order valence-electron chi connectivity index (χ0n) is 14.1. The Morgan fingerprint density at radius 2 is 1.42 bits per heavy atom. The SMILES string of the molecule is C[Si](C)(C)N1CCCC1[N+]1([Si](C)(C)C)CCCCC1. The van der Waals surface area contributed by atoms with Crippen molar-refractivity contribution in [1.82, 2.24) is 4.57 Å². The Morgan fingerprint density at radius 3 is 1.89 bits per heavy atom. The van der Waals surface area contributed by atoms with Gasteiger partial charge >= 0.3 is 0 Å². The second-order valence-electron chi connectivity index (χ2n) is 8.70. The van der Waals surface area contributed by atoms with E-state index in [2.05, 4.69) is 43.8 Å². The Balaban J connectivity index is 2.33. The van der Waals surface area contributed by atoms with Crippen molar-refractivity contribution in [2.24, 2.45) is 0 Å². The first-order valence-corrected chi connectivity index (χ1v) is 15.2. The predicted molar refractivity (Wildman–Crippen MR) is 90.3 cm³/mol. The molecule has 0 bridgehead atoms. The molecule has 0 radical (unpaired) electrons. The molecule has 1 atom stereocenters. The molecule has 0 aliphatic carbocycles. The van der Waals surface area contributed by atoms with Crippen LogP contribution >= 0.6 is 0 Å². The van der Waals surface area contributed by atoms with Crippen molar-refractivity contribution in [2.45, 2.75) is 77.6 Å². The molecule has 2 aliphatic rings. The van der Waals surface area contributed by atoms with Crippen LogP contribution in [-0.4, -0.2) is 51.0 Å². The molecule has 2 heterocycles. The van der Waals surface area contributed by atoms with E-state index in [1.807, 2.05) is 0 Å². The van der Waals surface area contributed by atoms with Crippen LogP contribution in [-0.2, 0) is 0 Å². The first-order valence-electron chi connectivity index (χ1n) is 8.32. The highest BCUT2D eigenvalue weighted by Gasteiger charge is 2.53. The second-order valence-corrected chi connectivity index (χ2v) is 18.8. The first kappa shape index (κ1) is 15.7. The van der Waals surface area contributed by atoms with Crippen LogP contribution in [0.3, 0.4) is 0 Å². The third-order valence-corrected chi connectivity index (χ3v) is 11.3. The molecule has 2 rings (SSSR count). The summed E-state index contributed by atoms with van der Waals surface area (Å²) < 4.78 is 4.49. The van der Waals surface area contributed by atoms with E-state index in [0.717, 1.165) is 6.17 Å². The zero-order chi connectivity index (χ0) is 14.3. The zero-order valence-corrected chi connectivity index (χ0v) is 16.1. The molecule has 2 nitrogen and oxygen atoms in total. The van der Waals surface area contributed by atoms with Crippen molar-refractivity contribution in [2.75, 3.05) is 19.6 Å². The van der Waals surface area contributed by atoms with Gasteiger partial charge in [-0.05, 0) is 51.9 Å². The average Bonchev–Trinajstić information content (AvgIpc) is 2.77. The minimum Gasteiger partial charge on any atom is -0.369 e. The highest BCUT2D eigenvalue weighted by molar-refractivity contribution is 6.73. The monoisotopic (exact) mass is 299 g/mol. The van der Waals surface area contributed by atoms with Crippen LogP contribution < -0.4 is 0 Å². The fourth-order valence-electron chi connectivity index (χ4n) is 4.54. The van der Waals surface area contributed by atoms with E-state index in [1.165, 1.54) is 55.9 Å². The minimum atomic E-state index is -1.17. The molecule has 2 aliphatic heterocycles. The van der Waals surface area contributed by atoms with Gasteiger partial charge in [-0.25, -0.2) is 0 Å². The summed E-state index contributed by atoms with van der Waals surface area (Å²) in [7, 11) is -2.33. The number of hydrogen-bond donors (Lipinski definition) is 0. The fraction of sp³-hybridized carbons (Fsp3) is 1.00. The lowest BCUT2D eigenvalue weighted by Gasteiger charge is -2.58. The highest BCUT2D eigenvalue weighted by atomic mass is 28.3. The van der Waals surface area contributed by atoms with Crippen LogP contribution in [0.4, 0.5) is 0 Å². The fourth-order valence-corrected chi connectivity index (χ4v) is 9.55. The molecule has 0 aromatic heterocycles. The third kappa shape index (κ3) is 2.87.